The fourth-order valence-electron chi connectivity index (χ4n) is 2.31. The molecule has 2 aromatic carbocycles. The topological polar surface area (TPSA) is 103 Å². The predicted octanol–water partition coefficient (Wildman–Crippen LogP) is 1.66. The van der Waals surface area contributed by atoms with Gasteiger partial charge in [-0.3, -0.25) is 4.72 Å². The van der Waals surface area contributed by atoms with Crippen LogP contribution in [0.2, 0.25) is 0 Å². The lowest BCUT2D eigenvalue weighted by molar-refractivity contribution is 0.0889. The van der Waals surface area contributed by atoms with Crippen molar-refractivity contribution in [2.75, 3.05) is 17.9 Å². The van der Waals surface area contributed by atoms with Crippen LogP contribution in [0.1, 0.15) is 11.1 Å². The van der Waals surface area contributed by atoms with Crippen molar-refractivity contribution in [2.24, 2.45) is 10.1 Å². The van der Waals surface area contributed by atoms with Crippen LogP contribution in [0.3, 0.4) is 0 Å². The van der Waals surface area contributed by atoms with Gasteiger partial charge in [0.2, 0.25) is 0 Å². The minimum atomic E-state index is -3.79. The molecule has 3 N–H and O–H groups in total. The fraction of sp³-hybridized carbons (Fsp3) is 0.188. The van der Waals surface area contributed by atoms with Crippen LogP contribution in [-0.2, 0) is 21.6 Å². The van der Waals surface area contributed by atoms with E-state index in [0.29, 0.717) is 36.8 Å². The van der Waals surface area contributed by atoms with Gasteiger partial charge in [-0.2, -0.15) is 8.42 Å². The van der Waals surface area contributed by atoms with Gasteiger partial charge in [0.05, 0.1) is 24.5 Å². The Kier molecular flexibility index (Phi) is 4.68. The van der Waals surface area contributed by atoms with E-state index in [2.05, 4.69) is 9.12 Å². The van der Waals surface area contributed by atoms with E-state index in [9.17, 15) is 8.42 Å². The molecule has 0 atom stereocenters. The van der Waals surface area contributed by atoms with Gasteiger partial charge in [0.1, 0.15) is 12.4 Å². The number of nitrogens with zero attached hydrogens (tertiary/aromatic N) is 1. The molecule has 0 bridgehead atoms. The van der Waals surface area contributed by atoms with Crippen molar-refractivity contribution in [2.45, 2.75) is 6.61 Å². The van der Waals surface area contributed by atoms with Crippen molar-refractivity contribution < 1.29 is 17.9 Å². The molecule has 0 spiro atoms. The summed E-state index contributed by atoms with van der Waals surface area (Å²) in [5, 5.41) is 0. The first kappa shape index (κ1) is 16.3. The van der Waals surface area contributed by atoms with Crippen molar-refractivity contribution in [1.29, 1.82) is 0 Å². The number of hydrogen-bond acceptors (Lipinski definition) is 5. The van der Waals surface area contributed by atoms with Gasteiger partial charge in [0, 0.05) is 0 Å². The van der Waals surface area contributed by atoms with E-state index in [-0.39, 0.29) is 5.84 Å². The van der Waals surface area contributed by atoms with Gasteiger partial charge >= 0.3 is 10.2 Å². The second-order valence-corrected chi connectivity index (χ2v) is 6.46. The van der Waals surface area contributed by atoms with Crippen LogP contribution in [0, 0.1) is 0 Å². The van der Waals surface area contributed by atoms with Crippen LogP contribution in [-0.4, -0.2) is 27.5 Å². The third kappa shape index (κ3) is 3.84. The van der Waals surface area contributed by atoms with E-state index >= 15 is 0 Å². The lowest BCUT2D eigenvalue weighted by Crippen LogP contribution is -2.27. The quantitative estimate of drug-likeness (QED) is 0.774. The van der Waals surface area contributed by atoms with Crippen molar-refractivity contribution in [3.05, 3.63) is 59.7 Å². The SMILES string of the molecule is NC1=NS(=O)(=O)Nc2cccc(OCCOCc3ccccc3)c21. The zero-order valence-corrected chi connectivity index (χ0v) is 13.6. The first-order valence-electron chi connectivity index (χ1n) is 7.31. The average Bonchev–Trinajstić information content (AvgIpc) is 2.54. The molecule has 0 unspecified atom stereocenters. The van der Waals surface area contributed by atoms with Crippen LogP contribution in [0.25, 0.3) is 0 Å². The fourth-order valence-corrected chi connectivity index (χ4v) is 3.16. The first-order chi connectivity index (χ1) is 11.6. The highest BCUT2D eigenvalue weighted by Crippen LogP contribution is 2.30. The number of nitrogens with two attached hydrogens (primary N) is 1. The first-order valence-corrected chi connectivity index (χ1v) is 8.75. The molecule has 1 aliphatic heterocycles. The Morgan fingerprint density at radius 3 is 2.62 bits per heavy atom. The molecule has 1 aliphatic rings. The van der Waals surface area contributed by atoms with E-state index in [1.54, 1.807) is 18.2 Å². The van der Waals surface area contributed by atoms with E-state index in [1.165, 1.54) is 0 Å². The van der Waals surface area contributed by atoms with Gasteiger partial charge in [-0.1, -0.05) is 36.4 Å². The molecule has 0 radical (unpaired) electrons. The molecule has 24 heavy (non-hydrogen) atoms. The summed E-state index contributed by atoms with van der Waals surface area (Å²) in [5.74, 6) is 0.365. The molecular weight excluding hydrogens is 330 g/mol. The highest BCUT2D eigenvalue weighted by molar-refractivity contribution is 7.91. The summed E-state index contributed by atoms with van der Waals surface area (Å²) >= 11 is 0. The summed E-state index contributed by atoms with van der Waals surface area (Å²) in [7, 11) is -3.79. The number of nitrogens with one attached hydrogen (secondary N) is 1. The number of hydrogen-bond donors (Lipinski definition) is 2. The standard InChI is InChI=1S/C16H17N3O4S/c17-16-15-13(18-24(20,21)19-16)7-4-8-14(15)23-10-9-22-11-12-5-2-1-3-6-12/h1-8,18H,9-11H2,(H2,17,19). The monoisotopic (exact) mass is 347 g/mol. The molecule has 1 heterocycles. The Labute approximate surface area is 140 Å². The minimum Gasteiger partial charge on any atom is -0.490 e. The lowest BCUT2D eigenvalue weighted by Gasteiger charge is -2.19. The largest absolute Gasteiger partial charge is 0.490 e. The molecule has 8 heteroatoms. The Bertz CT molecular complexity index is 851. The predicted molar refractivity (Wildman–Crippen MR) is 91.3 cm³/mol. The highest BCUT2D eigenvalue weighted by atomic mass is 32.2. The van der Waals surface area contributed by atoms with Crippen LogP contribution < -0.4 is 15.2 Å². The van der Waals surface area contributed by atoms with Crippen molar-refractivity contribution in [3.8, 4) is 5.75 Å². The molecule has 3 rings (SSSR count). The van der Waals surface area contributed by atoms with Crippen molar-refractivity contribution in [3.63, 3.8) is 0 Å². The molecule has 0 amide bonds. The molecule has 126 valence electrons. The second kappa shape index (κ2) is 6.90. The van der Waals surface area contributed by atoms with Crippen LogP contribution in [0.4, 0.5) is 5.69 Å². The van der Waals surface area contributed by atoms with Gasteiger partial charge in [0.15, 0.2) is 5.84 Å². The van der Waals surface area contributed by atoms with Gasteiger partial charge in [-0.15, -0.1) is 4.40 Å². The normalized spacial score (nSPS) is 15.1. The third-order valence-electron chi connectivity index (χ3n) is 3.34. The number of ether oxygens (including phenoxy) is 2. The zero-order chi connectivity index (χ0) is 17.0. The maximum absolute atomic E-state index is 11.5. The molecule has 0 saturated carbocycles. The molecule has 7 nitrogen and oxygen atoms in total. The van der Waals surface area contributed by atoms with Crippen LogP contribution >= 0.6 is 0 Å². The lowest BCUT2D eigenvalue weighted by atomic mass is 10.1. The van der Waals surface area contributed by atoms with E-state index in [1.807, 2.05) is 30.3 Å². The average molecular weight is 347 g/mol. The number of anilines is 1. The summed E-state index contributed by atoms with van der Waals surface area (Å²) in [6.07, 6.45) is 0. The van der Waals surface area contributed by atoms with Crippen molar-refractivity contribution >= 4 is 21.7 Å². The molecule has 0 fully saturated rings. The number of amidine groups is 1. The van der Waals surface area contributed by atoms with Gasteiger partial charge in [-0.25, -0.2) is 0 Å². The van der Waals surface area contributed by atoms with Gasteiger partial charge in [0.25, 0.3) is 0 Å². The summed E-state index contributed by atoms with van der Waals surface area (Å²) in [5.41, 5.74) is 7.62. The summed E-state index contributed by atoms with van der Waals surface area (Å²) in [4.78, 5) is 0. The van der Waals surface area contributed by atoms with E-state index < -0.39 is 10.2 Å². The summed E-state index contributed by atoms with van der Waals surface area (Å²) in [6, 6.07) is 14.8. The van der Waals surface area contributed by atoms with Crippen LogP contribution in [0.15, 0.2) is 52.9 Å². The third-order valence-corrected chi connectivity index (χ3v) is 4.25. The van der Waals surface area contributed by atoms with Crippen molar-refractivity contribution in [1.82, 2.24) is 0 Å². The zero-order valence-electron chi connectivity index (χ0n) is 12.8. The number of benzene rings is 2. The number of fused-ring (bicyclic) bond motifs is 1. The minimum absolute atomic E-state index is 0.0930. The Morgan fingerprint density at radius 1 is 1.04 bits per heavy atom. The second-order valence-electron chi connectivity index (χ2n) is 5.12. The number of rotatable bonds is 6. The summed E-state index contributed by atoms with van der Waals surface area (Å²) < 4.78 is 40.0. The van der Waals surface area contributed by atoms with Crippen LogP contribution in [0.5, 0.6) is 5.75 Å². The van der Waals surface area contributed by atoms with E-state index in [0.717, 1.165) is 5.56 Å². The summed E-state index contributed by atoms with van der Waals surface area (Å²) in [6.45, 7) is 1.20. The van der Waals surface area contributed by atoms with E-state index in [4.69, 9.17) is 15.2 Å². The Balaban J connectivity index is 1.59. The molecular formula is C16H17N3O4S. The Morgan fingerprint density at radius 2 is 1.83 bits per heavy atom. The molecule has 0 aromatic heterocycles. The smallest absolute Gasteiger partial charge is 0.344 e. The van der Waals surface area contributed by atoms with Gasteiger partial charge < -0.3 is 15.2 Å². The molecule has 0 saturated heterocycles. The molecule has 0 aliphatic carbocycles. The Hall–Kier alpha value is -2.58. The van der Waals surface area contributed by atoms with Gasteiger partial charge in [-0.05, 0) is 17.7 Å². The highest BCUT2D eigenvalue weighted by Gasteiger charge is 2.24. The maximum Gasteiger partial charge on any atom is 0.344 e. The maximum atomic E-state index is 11.5. The molecule has 2 aromatic rings.